The summed E-state index contributed by atoms with van der Waals surface area (Å²) in [5, 5.41) is 9.79. The van der Waals surface area contributed by atoms with Crippen LogP contribution in [0.3, 0.4) is 0 Å². The minimum atomic E-state index is -1.29. The predicted octanol–water partition coefficient (Wildman–Crippen LogP) is 4.65. The van der Waals surface area contributed by atoms with Gasteiger partial charge < -0.3 is 9.84 Å². The molecule has 2 rings (SSSR count). The van der Waals surface area contributed by atoms with Crippen LogP contribution in [0.25, 0.3) is 6.08 Å². The molecule has 1 N–H and O–H groups in total. The number of ether oxygens (including phenoxy) is 1. The van der Waals surface area contributed by atoms with Crippen LogP contribution in [0.5, 0.6) is 5.75 Å². The van der Waals surface area contributed by atoms with Gasteiger partial charge in [0.1, 0.15) is 5.75 Å². The zero-order valence-corrected chi connectivity index (χ0v) is 13.5. The molecule has 0 saturated carbocycles. The highest BCUT2D eigenvalue weighted by Crippen LogP contribution is 2.30. The number of hydrogen-bond acceptors (Lipinski definition) is 2. The molecule has 2 aromatic rings. The number of para-hydroxylation sites is 1. The molecule has 120 valence electrons. The molecule has 0 fully saturated rings. The smallest absolute Gasteiger partial charge is 0.348 e. The fraction of sp³-hybridized carbons (Fsp3) is 0.250. The van der Waals surface area contributed by atoms with Crippen LogP contribution >= 0.6 is 0 Å². The molecule has 0 saturated heterocycles. The monoisotopic (exact) mass is 310 g/mol. The van der Waals surface area contributed by atoms with Gasteiger partial charge >= 0.3 is 5.97 Å². The van der Waals surface area contributed by atoms with Gasteiger partial charge in [0.05, 0.1) is 0 Å². The van der Waals surface area contributed by atoms with Crippen molar-refractivity contribution in [1.29, 1.82) is 0 Å². The van der Waals surface area contributed by atoms with E-state index in [1.165, 1.54) is 0 Å². The summed E-state index contributed by atoms with van der Waals surface area (Å²) in [7, 11) is 0. The van der Waals surface area contributed by atoms with Crippen LogP contribution in [0.4, 0.5) is 0 Å². The third-order valence-electron chi connectivity index (χ3n) is 3.87. The lowest BCUT2D eigenvalue weighted by atomic mass is 9.86. The number of aliphatic carboxylic acids is 1. The van der Waals surface area contributed by atoms with Crippen LogP contribution in [-0.4, -0.2) is 16.7 Å². The number of hydrogen-bond donors (Lipinski definition) is 1. The van der Waals surface area contributed by atoms with Crippen LogP contribution < -0.4 is 4.74 Å². The molecular formula is C20H22O3. The Bertz CT molecular complexity index is 647. The van der Waals surface area contributed by atoms with Gasteiger partial charge in [0.15, 0.2) is 0 Å². The summed E-state index contributed by atoms with van der Waals surface area (Å²) in [6, 6.07) is 18.9. The van der Waals surface area contributed by atoms with Crippen LogP contribution in [0, 0.1) is 5.92 Å². The van der Waals surface area contributed by atoms with Gasteiger partial charge in [-0.05, 0) is 17.7 Å². The molecule has 0 bridgehead atoms. The Morgan fingerprint density at radius 1 is 1.09 bits per heavy atom. The van der Waals surface area contributed by atoms with Crippen molar-refractivity contribution in [2.45, 2.75) is 25.9 Å². The van der Waals surface area contributed by atoms with Gasteiger partial charge in [0.25, 0.3) is 0 Å². The fourth-order valence-electron chi connectivity index (χ4n) is 2.41. The molecule has 1 atom stereocenters. The molecule has 3 nitrogen and oxygen atoms in total. The number of carboxylic acids is 1. The summed E-state index contributed by atoms with van der Waals surface area (Å²) < 4.78 is 5.91. The molecule has 0 radical (unpaired) electrons. The van der Waals surface area contributed by atoms with E-state index in [1.807, 2.05) is 74.5 Å². The van der Waals surface area contributed by atoms with Crippen molar-refractivity contribution in [2.24, 2.45) is 5.92 Å². The molecule has 0 aliphatic carbocycles. The highest BCUT2D eigenvalue weighted by Gasteiger charge is 2.43. The molecule has 1 unspecified atom stereocenters. The minimum absolute atomic E-state index is 0.180. The van der Waals surface area contributed by atoms with Gasteiger partial charge in [-0.1, -0.05) is 74.5 Å². The maximum Gasteiger partial charge on any atom is 0.348 e. The third-order valence-corrected chi connectivity index (χ3v) is 3.87. The van der Waals surface area contributed by atoms with Crippen LogP contribution in [0.1, 0.15) is 25.8 Å². The fourth-order valence-corrected chi connectivity index (χ4v) is 2.41. The highest BCUT2D eigenvalue weighted by atomic mass is 16.5. The van der Waals surface area contributed by atoms with Crippen molar-refractivity contribution in [3.05, 3.63) is 72.3 Å². The maximum atomic E-state index is 12.0. The summed E-state index contributed by atoms with van der Waals surface area (Å²) in [5.74, 6) is -0.564. The summed E-state index contributed by atoms with van der Waals surface area (Å²) in [4.78, 5) is 12.0. The molecular weight excluding hydrogens is 288 g/mol. The van der Waals surface area contributed by atoms with E-state index >= 15 is 0 Å². The van der Waals surface area contributed by atoms with Crippen molar-refractivity contribution in [3.8, 4) is 5.75 Å². The zero-order valence-electron chi connectivity index (χ0n) is 13.5. The van der Waals surface area contributed by atoms with Crippen molar-refractivity contribution >= 4 is 12.0 Å². The van der Waals surface area contributed by atoms with Crippen LogP contribution in [0.2, 0.25) is 0 Å². The minimum Gasteiger partial charge on any atom is -0.478 e. The molecule has 0 aromatic heterocycles. The van der Waals surface area contributed by atoms with E-state index in [9.17, 15) is 9.90 Å². The van der Waals surface area contributed by atoms with E-state index in [-0.39, 0.29) is 5.92 Å². The second-order valence-corrected chi connectivity index (χ2v) is 5.78. The SMILES string of the molecule is CC(C)C(CC=Cc1ccccc1)(Oc1ccccc1)C(=O)O. The molecule has 23 heavy (non-hydrogen) atoms. The van der Waals surface area contributed by atoms with Crippen LogP contribution in [-0.2, 0) is 4.79 Å². The van der Waals surface area contributed by atoms with E-state index in [0.717, 1.165) is 5.56 Å². The van der Waals surface area contributed by atoms with E-state index in [2.05, 4.69) is 0 Å². The number of benzene rings is 2. The van der Waals surface area contributed by atoms with Crippen molar-refractivity contribution in [2.75, 3.05) is 0 Å². The lowest BCUT2D eigenvalue weighted by Gasteiger charge is -2.33. The lowest BCUT2D eigenvalue weighted by Crippen LogP contribution is -2.49. The second kappa shape index (κ2) is 7.63. The Morgan fingerprint density at radius 3 is 2.17 bits per heavy atom. The summed E-state index contributed by atoms with van der Waals surface area (Å²) in [6.45, 7) is 3.74. The van der Waals surface area contributed by atoms with Gasteiger partial charge in [-0.25, -0.2) is 4.79 Å². The Kier molecular flexibility index (Phi) is 5.58. The van der Waals surface area contributed by atoms with Crippen molar-refractivity contribution < 1.29 is 14.6 Å². The zero-order chi connectivity index (χ0) is 16.7. The maximum absolute atomic E-state index is 12.0. The lowest BCUT2D eigenvalue weighted by molar-refractivity contribution is -0.159. The molecule has 0 spiro atoms. The first-order valence-corrected chi connectivity index (χ1v) is 7.73. The quantitative estimate of drug-likeness (QED) is 0.810. The normalized spacial score (nSPS) is 13.9. The average molecular weight is 310 g/mol. The van der Waals surface area contributed by atoms with E-state index in [0.29, 0.717) is 12.2 Å². The van der Waals surface area contributed by atoms with Gasteiger partial charge in [-0.2, -0.15) is 0 Å². The summed E-state index contributed by atoms with van der Waals surface area (Å²) in [5.41, 5.74) is -0.248. The first-order chi connectivity index (χ1) is 11.0. The van der Waals surface area contributed by atoms with Crippen molar-refractivity contribution in [1.82, 2.24) is 0 Å². The summed E-state index contributed by atoms with van der Waals surface area (Å²) >= 11 is 0. The van der Waals surface area contributed by atoms with Gasteiger partial charge in [-0.3, -0.25) is 0 Å². The Morgan fingerprint density at radius 2 is 1.65 bits per heavy atom. The molecule has 3 heteroatoms. The standard InChI is InChI=1S/C20H22O3/c1-16(2)20(19(21)22,23-18-13-7-4-8-14-18)15-9-12-17-10-5-3-6-11-17/h3-14,16H,15H2,1-2H3,(H,21,22). The third kappa shape index (κ3) is 4.22. The summed E-state index contributed by atoms with van der Waals surface area (Å²) in [6.07, 6.45) is 4.09. The number of carboxylic acid groups (broad SMARTS) is 1. The predicted molar refractivity (Wildman–Crippen MR) is 92.4 cm³/mol. The molecule has 2 aromatic carbocycles. The molecule has 0 aliphatic rings. The molecule has 0 aliphatic heterocycles. The Labute approximate surface area is 137 Å². The second-order valence-electron chi connectivity index (χ2n) is 5.78. The average Bonchev–Trinajstić information content (AvgIpc) is 2.55. The topological polar surface area (TPSA) is 46.5 Å². The largest absolute Gasteiger partial charge is 0.478 e. The first kappa shape index (κ1) is 16.8. The van der Waals surface area contributed by atoms with Gasteiger partial charge in [0.2, 0.25) is 5.60 Å². The van der Waals surface area contributed by atoms with E-state index < -0.39 is 11.6 Å². The molecule has 0 heterocycles. The Hall–Kier alpha value is -2.55. The van der Waals surface area contributed by atoms with E-state index in [4.69, 9.17) is 4.74 Å². The highest BCUT2D eigenvalue weighted by molar-refractivity contribution is 5.79. The first-order valence-electron chi connectivity index (χ1n) is 7.73. The van der Waals surface area contributed by atoms with E-state index in [1.54, 1.807) is 12.1 Å². The van der Waals surface area contributed by atoms with Gasteiger partial charge in [-0.15, -0.1) is 0 Å². The Balaban J connectivity index is 2.23. The van der Waals surface area contributed by atoms with Crippen molar-refractivity contribution in [3.63, 3.8) is 0 Å². The van der Waals surface area contributed by atoms with Crippen LogP contribution in [0.15, 0.2) is 66.7 Å². The van der Waals surface area contributed by atoms with Gasteiger partial charge in [0, 0.05) is 12.3 Å². The number of carbonyl (C=O) groups is 1. The molecule has 0 amide bonds. The number of rotatable bonds is 7.